The van der Waals surface area contributed by atoms with Crippen LogP contribution < -0.4 is 5.32 Å². The molecule has 1 atom stereocenters. The molecule has 4 rings (SSSR count). The lowest BCUT2D eigenvalue weighted by molar-refractivity contribution is -0.121. The van der Waals surface area contributed by atoms with E-state index in [-0.39, 0.29) is 11.8 Å². The highest BCUT2D eigenvalue weighted by Gasteiger charge is 2.26. The summed E-state index contributed by atoms with van der Waals surface area (Å²) in [5.74, 6) is 0.0925. The van der Waals surface area contributed by atoms with Gasteiger partial charge in [0.25, 0.3) is 0 Å². The Morgan fingerprint density at radius 1 is 1.29 bits per heavy atom. The molecular formula is C21H26N6O. The summed E-state index contributed by atoms with van der Waals surface area (Å²) in [7, 11) is 0. The predicted octanol–water partition coefficient (Wildman–Crippen LogP) is 2.94. The molecule has 1 aliphatic rings. The van der Waals surface area contributed by atoms with Crippen molar-refractivity contribution >= 4 is 11.6 Å². The molecule has 1 aliphatic heterocycles. The Kier molecular flexibility index (Phi) is 5.53. The van der Waals surface area contributed by atoms with E-state index in [1.54, 1.807) is 10.9 Å². The van der Waals surface area contributed by atoms with Gasteiger partial charge in [-0.05, 0) is 50.6 Å². The van der Waals surface area contributed by atoms with Gasteiger partial charge in [0.15, 0.2) is 0 Å². The van der Waals surface area contributed by atoms with Gasteiger partial charge in [0, 0.05) is 49.5 Å². The molecule has 7 heteroatoms. The van der Waals surface area contributed by atoms with Crippen molar-refractivity contribution in [3.05, 3.63) is 60.7 Å². The van der Waals surface area contributed by atoms with Crippen LogP contribution in [0.4, 0.5) is 5.69 Å². The van der Waals surface area contributed by atoms with Gasteiger partial charge >= 0.3 is 0 Å². The Hall–Kier alpha value is -2.93. The van der Waals surface area contributed by atoms with Gasteiger partial charge in [-0.25, -0.2) is 4.68 Å². The molecule has 146 valence electrons. The van der Waals surface area contributed by atoms with Gasteiger partial charge < -0.3 is 5.32 Å². The summed E-state index contributed by atoms with van der Waals surface area (Å²) >= 11 is 0. The van der Waals surface area contributed by atoms with Gasteiger partial charge in [0.2, 0.25) is 5.91 Å². The minimum absolute atomic E-state index is 0.00308. The minimum Gasteiger partial charge on any atom is -0.326 e. The number of hydrogen-bond donors (Lipinski definition) is 1. The molecular weight excluding hydrogens is 352 g/mol. The fourth-order valence-electron chi connectivity index (χ4n) is 3.72. The van der Waals surface area contributed by atoms with Crippen LogP contribution in [0, 0.1) is 5.92 Å². The zero-order valence-corrected chi connectivity index (χ0v) is 16.2. The minimum atomic E-state index is 0.00308. The zero-order chi connectivity index (χ0) is 19.3. The molecule has 1 N–H and O–H groups in total. The molecule has 1 saturated heterocycles. The average molecular weight is 378 g/mol. The van der Waals surface area contributed by atoms with Crippen molar-refractivity contribution in [3.63, 3.8) is 0 Å². The van der Waals surface area contributed by atoms with E-state index in [9.17, 15) is 4.79 Å². The molecule has 1 aromatic carbocycles. The molecule has 0 bridgehead atoms. The van der Waals surface area contributed by atoms with Gasteiger partial charge in [0.05, 0.1) is 17.8 Å². The molecule has 1 unspecified atom stereocenters. The van der Waals surface area contributed by atoms with Gasteiger partial charge in [-0.1, -0.05) is 6.07 Å². The Bertz CT molecular complexity index is 917. The Morgan fingerprint density at radius 2 is 2.21 bits per heavy atom. The van der Waals surface area contributed by atoms with Gasteiger partial charge in [0.1, 0.15) is 0 Å². The first-order valence-corrected chi connectivity index (χ1v) is 9.86. The maximum Gasteiger partial charge on any atom is 0.228 e. The number of benzene rings is 1. The predicted molar refractivity (Wildman–Crippen MR) is 108 cm³/mol. The maximum atomic E-state index is 12.8. The van der Waals surface area contributed by atoms with E-state index in [1.165, 1.54) is 5.56 Å². The van der Waals surface area contributed by atoms with Crippen LogP contribution in [-0.2, 0) is 17.9 Å². The number of carbonyl (C=O) groups is 1. The molecule has 0 radical (unpaired) electrons. The van der Waals surface area contributed by atoms with Crippen LogP contribution in [-0.4, -0.2) is 43.5 Å². The van der Waals surface area contributed by atoms with Crippen LogP contribution in [0.3, 0.4) is 0 Å². The van der Waals surface area contributed by atoms with Crippen molar-refractivity contribution in [1.29, 1.82) is 0 Å². The topological polar surface area (TPSA) is 68.0 Å². The number of nitrogens with one attached hydrogen (secondary N) is 1. The quantitative estimate of drug-likeness (QED) is 0.716. The lowest BCUT2D eigenvalue weighted by Gasteiger charge is -2.31. The Balaban J connectivity index is 1.37. The van der Waals surface area contributed by atoms with Crippen LogP contribution >= 0.6 is 0 Å². The van der Waals surface area contributed by atoms with E-state index in [1.807, 2.05) is 47.4 Å². The largest absolute Gasteiger partial charge is 0.326 e. The molecule has 3 heterocycles. The molecule has 0 spiro atoms. The number of nitrogens with zero attached hydrogens (tertiary/aromatic N) is 5. The SMILES string of the molecule is CCn1cc(CN2CCCC(C(=O)Nc3cccc(-n4cccn4)c3)C2)cn1. The van der Waals surface area contributed by atoms with Crippen LogP contribution in [0.15, 0.2) is 55.1 Å². The second-order valence-electron chi connectivity index (χ2n) is 7.27. The lowest BCUT2D eigenvalue weighted by Crippen LogP contribution is -2.40. The van der Waals surface area contributed by atoms with Crippen molar-refractivity contribution in [2.45, 2.75) is 32.9 Å². The van der Waals surface area contributed by atoms with Crippen LogP contribution in [0.5, 0.6) is 0 Å². The van der Waals surface area contributed by atoms with Crippen LogP contribution in [0.25, 0.3) is 5.69 Å². The highest BCUT2D eigenvalue weighted by Crippen LogP contribution is 2.21. The van der Waals surface area contributed by atoms with E-state index >= 15 is 0 Å². The number of anilines is 1. The summed E-state index contributed by atoms with van der Waals surface area (Å²) in [6.07, 6.45) is 9.61. The van der Waals surface area contributed by atoms with E-state index in [2.05, 4.69) is 33.5 Å². The normalized spacial score (nSPS) is 17.5. The van der Waals surface area contributed by atoms with E-state index in [4.69, 9.17) is 0 Å². The van der Waals surface area contributed by atoms with Gasteiger partial charge in [-0.3, -0.25) is 14.4 Å². The third kappa shape index (κ3) is 4.31. The van der Waals surface area contributed by atoms with Crippen molar-refractivity contribution in [2.75, 3.05) is 18.4 Å². The number of likely N-dealkylation sites (tertiary alicyclic amines) is 1. The first-order chi connectivity index (χ1) is 13.7. The second kappa shape index (κ2) is 8.39. The molecule has 3 aromatic rings. The summed E-state index contributed by atoms with van der Waals surface area (Å²) in [5, 5.41) is 11.7. The first kappa shape index (κ1) is 18.4. The Morgan fingerprint density at radius 3 is 3.00 bits per heavy atom. The molecule has 28 heavy (non-hydrogen) atoms. The Labute approximate surface area is 165 Å². The summed E-state index contributed by atoms with van der Waals surface area (Å²) in [4.78, 5) is 15.2. The second-order valence-corrected chi connectivity index (χ2v) is 7.27. The molecule has 0 saturated carbocycles. The van der Waals surface area contributed by atoms with Crippen molar-refractivity contribution in [3.8, 4) is 5.69 Å². The number of piperidine rings is 1. The smallest absolute Gasteiger partial charge is 0.228 e. The summed E-state index contributed by atoms with van der Waals surface area (Å²) in [6, 6.07) is 9.66. The summed E-state index contributed by atoms with van der Waals surface area (Å²) in [6.45, 7) is 5.61. The van der Waals surface area contributed by atoms with Gasteiger partial charge in [-0.2, -0.15) is 10.2 Å². The molecule has 1 fully saturated rings. The zero-order valence-electron chi connectivity index (χ0n) is 16.2. The molecule has 0 aliphatic carbocycles. The summed E-state index contributed by atoms with van der Waals surface area (Å²) < 4.78 is 3.73. The standard InChI is InChI=1S/C21H26N6O/c1-2-26-15-17(13-23-26)14-25-10-4-6-18(16-25)21(28)24-19-7-3-8-20(12-19)27-11-5-9-22-27/h3,5,7-9,11-13,15,18H,2,4,6,10,14,16H2,1H3,(H,24,28). The monoisotopic (exact) mass is 378 g/mol. The summed E-state index contributed by atoms with van der Waals surface area (Å²) in [5.41, 5.74) is 2.94. The fourth-order valence-corrected chi connectivity index (χ4v) is 3.72. The van der Waals surface area contributed by atoms with E-state index in [0.717, 1.165) is 50.4 Å². The third-order valence-corrected chi connectivity index (χ3v) is 5.18. The highest BCUT2D eigenvalue weighted by molar-refractivity contribution is 5.93. The van der Waals surface area contributed by atoms with E-state index in [0.29, 0.717) is 0 Å². The first-order valence-electron chi connectivity index (χ1n) is 9.86. The average Bonchev–Trinajstić information content (AvgIpc) is 3.40. The molecule has 1 amide bonds. The van der Waals surface area contributed by atoms with E-state index < -0.39 is 0 Å². The van der Waals surface area contributed by atoms with Crippen LogP contribution in [0.2, 0.25) is 0 Å². The number of carbonyl (C=O) groups excluding carboxylic acids is 1. The number of aromatic nitrogens is 4. The fraction of sp³-hybridized carbons (Fsp3) is 0.381. The number of aryl methyl sites for hydroxylation is 1. The van der Waals surface area contributed by atoms with Crippen LogP contribution in [0.1, 0.15) is 25.3 Å². The third-order valence-electron chi connectivity index (χ3n) is 5.18. The highest BCUT2D eigenvalue weighted by atomic mass is 16.1. The van der Waals surface area contributed by atoms with Crippen molar-refractivity contribution < 1.29 is 4.79 Å². The van der Waals surface area contributed by atoms with Gasteiger partial charge in [-0.15, -0.1) is 0 Å². The van der Waals surface area contributed by atoms with Crippen molar-refractivity contribution in [1.82, 2.24) is 24.5 Å². The lowest BCUT2D eigenvalue weighted by atomic mass is 9.96. The number of amides is 1. The number of rotatable bonds is 6. The molecule has 2 aromatic heterocycles. The maximum absolute atomic E-state index is 12.8. The number of hydrogen-bond acceptors (Lipinski definition) is 4. The molecule has 7 nitrogen and oxygen atoms in total. The van der Waals surface area contributed by atoms with Crippen molar-refractivity contribution in [2.24, 2.45) is 5.92 Å².